The fraction of sp³-hybridized carbons (Fsp3) is 0.364. The van der Waals surface area contributed by atoms with E-state index >= 15 is 0 Å². The van der Waals surface area contributed by atoms with Crippen molar-refractivity contribution in [3.05, 3.63) is 36.3 Å². The first-order chi connectivity index (χ1) is 6.62. The van der Waals surface area contributed by atoms with Crippen LogP contribution in [0.2, 0.25) is 0 Å². The first kappa shape index (κ1) is 9.06. The lowest BCUT2D eigenvalue weighted by atomic mass is 9.85. The van der Waals surface area contributed by atoms with Gasteiger partial charge in [-0.15, -0.1) is 0 Å². The second-order valence-corrected chi connectivity index (χ2v) is 3.63. The Morgan fingerprint density at radius 1 is 1.64 bits per heavy atom. The molecule has 2 aliphatic rings. The fourth-order valence-corrected chi connectivity index (χ4v) is 1.75. The number of fused-ring (bicyclic) bond motifs is 1. The number of hydrogen-bond acceptors (Lipinski definition) is 3. The van der Waals surface area contributed by atoms with E-state index in [2.05, 4.69) is 0 Å². The van der Waals surface area contributed by atoms with E-state index in [0.29, 0.717) is 5.76 Å². The molecule has 3 nitrogen and oxygen atoms in total. The van der Waals surface area contributed by atoms with E-state index in [1.54, 1.807) is 12.3 Å². The molecular formula is C11H12O3. The molecule has 1 heterocycles. The van der Waals surface area contributed by atoms with Crippen LogP contribution in [0.15, 0.2) is 36.3 Å². The van der Waals surface area contributed by atoms with Crippen LogP contribution in [0.25, 0.3) is 0 Å². The zero-order valence-electron chi connectivity index (χ0n) is 8.19. The molecular weight excluding hydrogens is 180 g/mol. The van der Waals surface area contributed by atoms with Crippen LogP contribution >= 0.6 is 0 Å². The van der Waals surface area contributed by atoms with Crippen molar-refractivity contribution in [1.82, 2.24) is 0 Å². The second kappa shape index (κ2) is 3.01. The summed E-state index contributed by atoms with van der Waals surface area (Å²) in [5.41, 5.74) is -0.389. The molecule has 0 spiro atoms. The predicted octanol–water partition coefficient (Wildman–Crippen LogP) is 1.92. The normalized spacial score (nSPS) is 33.3. The van der Waals surface area contributed by atoms with Gasteiger partial charge in [-0.25, -0.2) is 0 Å². The van der Waals surface area contributed by atoms with Crippen molar-refractivity contribution < 1.29 is 14.3 Å². The topological polar surface area (TPSA) is 35.5 Å². The largest absolute Gasteiger partial charge is 0.490 e. The summed E-state index contributed by atoms with van der Waals surface area (Å²) in [6.07, 6.45) is 9.16. The van der Waals surface area contributed by atoms with E-state index in [9.17, 15) is 4.79 Å². The summed E-state index contributed by atoms with van der Waals surface area (Å²) in [4.78, 5) is 10.9. The monoisotopic (exact) mass is 192 g/mol. The van der Waals surface area contributed by atoms with Gasteiger partial charge in [-0.05, 0) is 25.2 Å². The van der Waals surface area contributed by atoms with Gasteiger partial charge in [0.05, 0.1) is 12.2 Å². The molecule has 2 unspecified atom stereocenters. The first-order valence-corrected chi connectivity index (χ1v) is 4.54. The lowest BCUT2D eigenvalue weighted by molar-refractivity contribution is -0.138. The van der Waals surface area contributed by atoms with Gasteiger partial charge < -0.3 is 9.47 Å². The van der Waals surface area contributed by atoms with E-state index in [0.717, 1.165) is 0 Å². The van der Waals surface area contributed by atoms with Crippen LogP contribution in [0.1, 0.15) is 13.8 Å². The van der Waals surface area contributed by atoms with E-state index in [-0.39, 0.29) is 17.5 Å². The van der Waals surface area contributed by atoms with Crippen LogP contribution in [-0.4, -0.2) is 11.6 Å². The molecule has 0 amide bonds. The highest BCUT2D eigenvalue weighted by Gasteiger charge is 2.40. The molecule has 0 saturated heterocycles. The van der Waals surface area contributed by atoms with Gasteiger partial charge in [0.2, 0.25) is 0 Å². The van der Waals surface area contributed by atoms with Gasteiger partial charge in [0.1, 0.15) is 11.4 Å². The van der Waals surface area contributed by atoms with Gasteiger partial charge in [-0.3, -0.25) is 4.79 Å². The number of allylic oxidation sites excluding steroid dienone is 2. The molecule has 1 aliphatic carbocycles. The highest BCUT2D eigenvalue weighted by Crippen LogP contribution is 2.38. The average Bonchev–Trinajstić information content (AvgIpc) is 2.46. The van der Waals surface area contributed by atoms with Crippen molar-refractivity contribution in [2.24, 2.45) is 5.92 Å². The molecule has 0 N–H and O–H groups in total. The molecule has 3 heteroatoms. The van der Waals surface area contributed by atoms with Crippen LogP contribution < -0.4 is 0 Å². The van der Waals surface area contributed by atoms with Crippen molar-refractivity contribution in [3.8, 4) is 0 Å². The number of esters is 1. The van der Waals surface area contributed by atoms with E-state index < -0.39 is 0 Å². The maximum Gasteiger partial charge on any atom is 0.307 e. The van der Waals surface area contributed by atoms with Gasteiger partial charge >= 0.3 is 5.97 Å². The van der Waals surface area contributed by atoms with E-state index in [4.69, 9.17) is 9.47 Å². The summed E-state index contributed by atoms with van der Waals surface area (Å²) in [7, 11) is 0. The molecule has 14 heavy (non-hydrogen) atoms. The Bertz CT molecular complexity index is 352. The summed E-state index contributed by atoms with van der Waals surface area (Å²) < 4.78 is 10.6. The van der Waals surface area contributed by atoms with Gasteiger partial charge in [0.15, 0.2) is 0 Å². The lowest BCUT2D eigenvalue weighted by Crippen LogP contribution is -2.33. The van der Waals surface area contributed by atoms with Crippen LogP contribution in [0.5, 0.6) is 0 Å². The summed E-state index contributed by atoms with van der Waals surface area (Å²) in [6, 6.07) is 0. The van der Waals surface area contributed by atoms with Crippen molar-refractivity contribution >= 4 is 5.97 Å². The first-order valence-electron chi connectivity index (χ1n) is 4.54. The number of ether oxygens (including phenoxy) is 2. The highest BCUT2D eigenvalue weighted by molar-refractivity contribution is 5.67. The summed E-state index contributed by atoms with van der Waals surface area (Å²) in [5, 5.41) is 0. The van der Waals surface area contributed by atoms with Gasteiger partial charge in [-0.1, -0.05) is 6.08 Å². The number of rotatable bonds is 1. The molecule has 0 aromatic carbocycles. The number of carbonyl (C=O) groups excluding carboxylic acids is 1. The standard InChI is InChI=1S/C11H12O3/c1-8(12)14-10-4-3-6-11(2)9(10)5-7-13-11/h3-7,9H,1-2H3. The second-order valence-electron chi connectivity index (χ2n) is 3.63. The molecule has 0 aromatic heterocycles. The number of carbonyl (C=O) groups is 1. The molecule has 0 bridgehead atoms. The minimum Gasteiger partial charge on any atom is -0.490 e. The molecule has 0 saturated carbocycles. The Morgan fingerprint density at radius 2 is 2.43 bits per heavy atom. The quantitative estimate of drug-likeness (QED) is 0.595. The lowest BCUT2D eigenvalue weighted by Gasteiger charge is -2.30. The fourth-order valence-electron chi connectivity index (χ4n) is 1.75. The Hall–Kier alpha value is -1.51. The number of hydrogen-bond donors (Lipinski definition) is 0. The summed E-state index contributed by atoms with van der Waals surface area (Å²) in [5.74, 6) is 0.363. The maximum absolute atomic E-state index is 10.9. The molecule has 74 valence electrons. The maximum atomic E-state index is 10.9. The van der Waals surface area contributed by atoms with Gasteiger partial charge in [0.25, 0.3) is 0 Å². The van der Waals surface area contributed by atoms with Crippen LogP contribution in [0, 0.1) is 5.92 Å². The molecule has 0 radical (unpaired) electrons. The van der Waals surface area contributed by atoms with Gasteiger partial charge in [-0.2, -0.15) is 0 Å². The Morgan fingerprint density at radius 3 is 3.14 bits per heavy atom. The average molecular weight is 192 g/mol. The van der Waals surface area contributed by atoms with Crippen molar-refractivity contribution in [1.29, 1.82) is 0 Å². The SMILES string of the molecule is CC(=O)OC1=CC=CC2(C)OC=CC12. The van der Waals surface area contributed by atoms with Crippen molar-refractivity contribution in [3.63, 3.8) is 0 Å². The van der Waals surface area contributed by atoms with Crippen LogP contribution in [-0.2, 0) is 14.3 Å². The third-order valence-corrected chi connectivity index (χ3v) is 2.47. The Labute approximate surface area is 82.7 Å². The third-order valence-electron chi connectivity index (χ3n) is 2.47. The van der Waals surface area contributed by atoms with Crippen LogP contribution in [0.4, 0.5) is 0 Å². The molecule has 2 atom stereocenters. The summed E-state index contributed by atoms with van der Waals surface area (Å²) >= 11 is 0. The molecule has 0 aromatic rings. The molecule has 1 aliphatic heterocycles. The van der Waals surface area contributed by atoms with Gasteiger partial charge in [0, 0.05) is 6.92 Å². The Kier molecular flexibility index (Phi) is 1.95. The molecule has 0 fully saturated rings. The minimum atomic E-state index is -0.389. The van der Waals surface area contributed by atoms with E-state index in [1.807, 2.05) is 25.2 Å². The zero-order valence-corrected chi connectivity index (χ0v) is 8.19. The predicted molar refractivity (Wildman–Crippen MR) is 51.1 cm³/mol. The highest BCUT2D eigenvalue weighted by atomic mass is 16.5. The van der Waals surface area contributed by atoms with Crippen LogP contribution in [0.3, 0.4) is 0 Å². The summed E-state index contributed by atoms with van der Waals surface area (Å²) in [6.45, 7) is 3.36. The third kappa shape index (κ3) is 1.35. The van der Waals surface area contributed by atoms with Crippen molar-refractivity contribution in [2.45, 2.75) is 19.4 Å². The molecule has 2 rings (SSSR count). The Balaban J connectivity index is 2.25. The minimum absolute atomic E-state index is 0.0106. The van der Waals surface area contributed by atoms with E-state index in [1.165, 1.54) is 6.92 Å². The zero-order chi connectivity index (χ0) is 10.2. The van der Waals surface area contributed by atoms with Crippen molar-refractivity contribution in [2.75, 3.05) is 0 Å². The smallest absolute Gasteiger partial charge is 0.307 e.